The molecule has 1 heterocycles. The van der Waals surface area contributed by atoms with Gasteiger partial charge in [0.15, 0.2) is 10.8 Å². The Morgan fingerprint density at radius 3 is 2.29 bits per heavy atom. The fourth-order valence-electron chi connectivity index (χ4n) is 1.09. The van der Waals surface area contributed by atoms with Gasteiger partial charge in [-0.1, -0.05) is 11.6 Å². The van der Waals surface area contributed by atoms with Gasteiger partial charge in [0.05, 0.1) is 6.61 Å². The van der Waals surface area contributed by atoms with E-state index < -0.39 is 34.7 Å². The Balaban J connectivity index is 3.01. The van der Waals surface area contributed by atoms with Gasteiger partial charge in [-0.2, -0.15) is 0 Å². The third kappa shape index (κ3) is 1.68. The lowest BCUT2D eigenvalue weighted by molar-refractivity contribution is -0.308. The van der Waals surface area contributed by atoms with Crippen LogP contribution in [0.2, 0.25) is 0 Å². The Kier molecular flexibility index (Phi) is 3.45. The summed E-state index contributed by atoms with van der Waals surface area (Å²) in [6.07, 6.45) is -5.37. The average Bonchev–Trinajstić information content (AvgIpc) is 2.12. The topological polar surface area (TPSA) is 110 Å². The molecule has 1 aliphatic rings. The number of aliphatic hydroxyl groups is 5. The highest BCUT2D eigenvalue weighted by Crippen LogP contribution is 2.44. The molecular weight excluding hydrogens is 283 g/mol. The number of hydrogen-bond donors (Lipinski definition) is 5. The van der Waals surface area contributed by atoms with Crippen molar-refractivity contribution in [2.45, 2.75) is 28.1 Å². The van der Waals surface area contributed by atoms with E-state index in [1.165, 1.54) is 0 Å². The minimum atomic E-state index is -2.44. The second kappa shape index (κ2) is 3.84. The van der Waals surface area contributed by atoms with Crippen molar-refractivity contribution >= 4 is 27.5 Å². The molecule has 0 bridgehead atoms. The monoisotopic (exact) mass is 292 g/mol. The van der Waals surface area contributed by atoms with Crippen molar-refractivity contribution in [3.8, 4) is 0 Å². The predicted octanol–water partition coefficient (Wildman–Crippen LogP) is -1.93. The van der Waals surface area contributed by atoms with Gasteiger partial charge in [-0.05, 0) is 15.9 Å². The Labute approximate surface area is 92.8 Å². The molecule has 0 amide bonds. The maximum atomic E-state index is 9.56. The van der Waals surface area contributed by atoms with Crippen LogP contribution in [0.15, 0.2) is 0 Å². The van der Waals surface area contributed by atoms with E-state index in [0.717, 1.165) is 0 Å². The Morgan fingerprint density at radius 2 is 1.86 bits per heavy atom. The second-order valence-corrected chi connectivity index (χ2v) is 4.86. The summed E-state index contributed by atoms with van der Waals surface area (Å²) >= 11 is 8.23. The van der Waals surface area contributed by atoms with Crippen molar-refractivity contribution in [3.05, 3.63) is 0 Å². The molecule has 5 N–H and O–H groups in total. The maximum absolute atomic E-state index is 9.56. The zero-order chi connectivity index (χ0) is 11.1. The van der Waals surface area contributed by atoms with Gasteiger partial charge < -0.3 is 30.3 Å². The van der Waals surface area contributed by atoms with Crippen LogP contribution in [0.1, 0.15) is 0 Å². The first-order valence-corrected chi connectivity index (χ1v) is 4.86. The fourth-order valence-corrected chi connectivity index (χ4v) is 1.75. The zero-order valence-electron chi connectivity index (χ0n) is 6.84. The van der Waals surface area contributed by atoms with E-state index in [1.807, 2.05) is 0 Å². The van der Waals surface area contributed by atoms with Crippen LogP contribution >= 0.6 is 27.5 Å². The molecule has 0 saturated carbocycles. The molecule has 0 radical (unpaired) electrons. The lowest BCUT2D eigenvalue weighted by atomic mass is 9.98. The van der Waals surface area contributed by atoms with Crippen molar-refractivity contribution in [1.29, 1.82) is 0 Å². The van der Waals surface area contributed by atoms with E-state index in [2.05, 4.69) is 20.7 Å². The number of rotatable bonds is 1. The summed E-state index contributed by atoms with van der Waals surface area (Å²) in [7, 11) is 0. The maximum Gasteiger partial charge on any atom is 0.209 e. The van der Waals surface area contributed by atoms with Crippen molar-refractivity contribution in [3.63, 3.8) is 0 Å². The van der Waals surface area contributed by atoms with Crippen molar-refractivity contribution in [2.75, 3.05) is 6.61 Å². The van der Waals surface area contributed by atoms with Gasteiger partial charge in [-0.15, -0.1) is 0 Å². The van der Waals surface area contributed by atoms with Crippen molar-refractivity contribution < 1.29 is 30.3 Å². The van der Waals surface area contributed by atoms with Crippen LogP contribution < -0.4 is 0 Å². The molecule has 1 aliphatic heterocycles. The zero-order valence-corrected chi connectivity index (χ0v) is 9.18. The molecule has 1 fully saturated rings. The van der Waals surface area contributed by atoms with Gasteiger partial charge >= 0.3 is 0 Å². The third-order valence-electron chi connectivity index (χ3n) is 2.04. The van der Waals surface area contributed by atoms with Crippen LogP contribution in [0.3, 0.4) is 0 Å². The molecular formula is C6H10BrClO6. The van der Waals surface area contributed by atoms with E-state index in [-0.39, 0.29) is 0 Å². The average molecular weight is 293 g/mol. The van der Waals surface area contributed by atoms with Gasteiger partial charge in [0.25, 0.3) is 0 Å². The van der Waals surface area contributed by atoms with Gasteiger partial charge in [0, 0.05) is 0 Å². The standard InChI is InChI=1S/C6H10BrClO6/c7-5(1-9)6(8,13)3(11)2(10)4(12)14-5/h2-4,9-13H,1H2/t2-,3-,4+,5-,6-/m1/s1. The van der Waals surface area contributed by atoms with Crippen molar-refractivity contribution in [2.24, 2.45) is 0 Å². The summed E-state index contributed by atoms with van der Waals surface area (Å²) in [6.45, 7) is -0.798. The fraction of sp³-hybridized carbons (Fsp3) is 1.00. The molecule has 0 aliphatic carbocycles. The number of aliphatic hydroxyl groups excluding tert-OH is 4. The Bertz CT molecular complexity index is 224. The Hall–Kier alpha value is 0.530. The number of hydrogen-bond acceptors (Lipinski definition) is 6. The van der Waals surface area contributed by atoms with Gasteiger partial charge in [-0.25, -0.2) is 0 Å². The summed E-state index contributed by atoms with van der Waals surface area (Å²) < 4.78 is 2.72. The van der Waals surface area contributed by atoms with Crippen LogP contribution in [0, 0.1) is 0 Å². The van der Waals surface area contributed by atoms with Crippen LogP contribution in [0.5, 0.6) is 0 Å². The molecule has 0 unspecified atom stereocenters. The van der Waals surface area contributed by atoms with Gasteiger partial charge in [-0.3, -0.25) is 0 Å². The molecule has 84 valence electrons. The summed E-state index contributed by atoms with van der Waals surface area (Å²) in [5.41, 5.74) is 0. The summed E-state index contributed by atoms with van der Waals surface area (Å²) in [5, 5.41) is 43.6. The van der Waals surface area contributed by atoms with E-state index in [1.54, 1.807) is 0 Å². The molecule has 0 spiro atoms. The summed E-state index contributed by atoms with van der Waals surface area (Å²) in [6, 6.07) is 0. The van der Waals surface area contributed by atoms with E-state index in [0.29, 0.717) is 0 Å². The Morgan fingerprint density at radius 1 is 1.36 bits per heavy atom. The molecule has 0 aromatic carbocycles. The minimum Gasteiger partial charge on any atom is -0.392 e. The molecule has 8 heteroatoms. The quantitative estimate of drug-likeness (QED) is 0.360. The highest BCUT2D eigenvalue weighted by molar-refractivity contribution is 9.10. The van der Waals surface area contributed by atoms with Crippen molar-refractivity contribution in [1.82, 2.24) is 0 Å². The SMILES string of the molecule is OC[C@@]1(Br)O[C@H](O)[C@H](O)[C@@H](O)[C@]1(O)Cl. The molecule has 14 heavy (non-hydrogen) atoms. The molecule has 0 aromatic heterocycles. The van der Waals surface area contributed by atoms with Crippen LogP contribution in [-0.4, -0.2) is 60.2 Å². The molecule has 1 saturated heterocycles. The van der Waals surface area contributed by atoms with Gasteiger partial charge in [0.1, 0.15) is 12.2 Å². The third-order valence-corrected chi connectivity index (χ3v) is 3.84. The molecule has 6 nitrogen and oxygen atoms in total. The van der Waals surface area contributed by atoms with Gasteiger partial charge in [0.2, 0.25) is 5.06 Å². The smallest absolute Gasteiger partial charge is 0.209 e. The predicted molar refractivity (Wildman–Crippen MR) is 48.7 cm³/mol. The second-order valence-electron chi connectivity index (χ2n) is 3.00. The number of ether oxygens (including phenoxy) is 1. The molecule has 5 atom stereocenters. The van der Waals surface area contributed by atoms with E-state index in [4.69, 9.17) is 26.9 Å². The molecule has 1 rings (SSSR count). The first-order chi connectivity index (χ1) is 6.26. The summed E-state index contributed by atoms with van der Waals surface area (Å²) in [5.74, 6) is 0. The van der Waals surface area contributed by atoms with E-state index >= 15 is 0 Å². The lowest BCUT2D eigenvalue weighted by Crippen LogP contribution is -2.68. The number of halogens is 2. The highest BCUT2D eigenvalue weighted by atomic mass is 79.9. The van der Waals surface area contributed by atoms with Crippen LogP contribution in [-0.2, 0) is 4.74 Å². The van der Waals surface area contributed by atoms with E-state index in [9.17, 15) is 10.2 Å². The summed E-state index contributed by atoms with van der Waals surface area (Å²) in [4.78, 5) is 0. The first kappa shape index (κ1) is 12.6. The lowest BCUT2D eigenvalue weighted by Gasteiger charge is -2.47. The molecule has 0 aromatic rings. The largest absolute Gasteiger partial charge is 0.392 e. The van der Waals surface area contributed by atoms with Crippen LogP contribution in [0.25, 0.3) is 0 Å². The normalized spacial score (nSPS) is 54.6. The number of alkyl halides is 2. The van der Waals surface area contributed by atoms with Crippen LogP contribution in [0.4, 0.5) is 0 Å². The first-order valence-electron chi connectivity index (χ1n) is 3.69. The highest BCUT2D eigenvalue weighted by Gasteiger charge is 2.62. The minimum absolute atomic E-state index is 0.798.